The van der Waals surface area contributed by atoms with E-state index in [1.165, 1.54) is 38.5 Å². The molecule has 4 fully saturated rings. The average Bonchev–Trinajstić information content (AvgIpc) is 2.84. The van der Waals surface area contributed by atoms with Crippen LogP contribution in [0.5, 0.6) is 0 Å². The lowest BCUT2D eigenvalue weighted by atomic mass is 9.49. The number of nitrogens with zero attached hydrogens (tertiary/aromatic N) is 2. The molecule has 5 rings (SSSR count). The average molecular weight is 261 g/mol. The summed E-state index contributed by atoms with van der Waals surface area (Å²) in [6.07, 6.45) is 8.25. The maximum atomic E-state index is 5.99. The molecule has 4 aliphatic rings. The topological polar surface area (TPSA) is 51.0 Å². The van der Waals surface area contributed by atoms with Crippen molar-refractivity contribution in [2.75, 3.05) is 6.54 Å². The van der Waals surface area contributed by atoms with Gasteiger partial charge in [0.1, 0.15) is 0 Å². The minimum atomic E-state index is 0.242. The summed E-state index contributed by atoms with van der Waals surface area (Å²) in [7, 11) is 0. The predicted octanol–water partition coefficient (Wildman–Crippen LogP) is 2.65. The Labute approximate surface area is 114 Å². The van der Waals surface area contributed by atoms with Crippen LogP contribution in [-0.2, 0) is 12.0 Å². The van der Waals surface area contributed by atoms with Gasteiger partial charge in [-0.1, -0.05) is 6.92 Å². The molecule has 0 saturated heterocycles. The zero-order valence-corrected chi connectivity index (χ0v) is 11.7. The smallest absolute Gasteiger partial charge is 0.230 e. The maximum Gasteiger partial charge on any atom is 0.230 e. The van der Waals surface area contributed by atoms with Crippen molar-refractivity contribution in [3.8, 4) is 0 Å². The molecule has 1 aromatic heterocycles. The third-order valence-electron chi connectivity index (χ3n) is 5.48. The van der Waals surface area contributed by atoms with Crippen molar-refractivity contribution in [3.63, 3.8) is 0 Å². The van der Waals surface area contributed by atoms with Crippen LogP contribution in [0.4, 0.5) is 0 Å². The molecule has 0 atom stereocenters. The van der Waals surface area contributed by atoms with Crippen molar-refractivity contribution in [2.24, 2.45) is 17.8 Å². The van der Waals surface area contributed by atoms with Crippen molar-refractivity contribution in [2.45, 2.75) is 57.4 Å². The van der Waals surface area contributed by atoms with Gasteiger partial charge in [-0.25, -0.2) is 0 Å². The molecule has 1 aromatic rings. The number of rotatable bonds is 4. The lowest BCUT2D eigenvalue weighted by Gasteiger charge is -2.55. The quantitative estimate of drug-likeness (QED) is 0.905. The minimum absolute atomic E-state index is 0.242. The molecule has 0 aromatic carbocycles. The van der Waals surface area contributed by atoms with Crippen LogP contribution < -0.4 is 5.32 Å². The van der Waals surface area contributed by atoms with Gasteiger partial charge in [0, 0.05) is 5.41 Å². The lowest BCUT2D eigenvalue weighted by molar-refractivity contribution is -0.0182. The molecule has 0 aliphatic heterocycles. The highest BCUT2D eigenvalue weighted by atomic mass is 16.4. The van der Waals surface area contributed by atoms with Crippen LogP contribution in [0.15, 0.2) is 4.42 Å². The fourth-order valence-corrected chi connectivity index (χ4v) is 5.14. The van der Waals surface area contributed by atoms with Crippen LogP contribution in [0.25, 0.3) is 0 Å². The number of hydrogen-bond donors (Lipinski definition) is 1. The van der Waals surface area contributed by atoms with Crippen LogP contribution in [0, 0.1) is 17.8 Å². The minimum Gasteiger partial charge on any atom is -0.423 e. The van der Waals surface area contributed by atoms with E-state index in [-0.39, 0.29) is 5.41 Å². The summed E-state index contributed by atoms with van der Waals surface area (Å²) in [5, 5.41) is 11.9. The molecule has 4 nitrogen and oxygen atoms in total. The van der Waals surface area contributed by atoms with Crippen LogP contribution >= 0.6 is 0 Å². The Kier molecular flexibility index (Phi) is 2.69. The number of aromatic nitrogens is 2. The molecule has 4 aliphatic carbocycles. The van der Waals surface area contributed by atoms with E-state index < -0.39 is 0 Å². The van der Waals surface area contributed by atoms with Gasteiger partial charge in [0.15, 0.2) is 0 Å². The maximum absolute atomic E-state index is 5.99. The van der Waals surface area contributed by atoms with E-state index in [0.717, 1.165) is 36.1 Å². The molecule has 0 unspecified atom stereocenters. The van der Waals surface area contributed by atoms with Gasteiger partial charge in [-0.3, -0.25) is 0 Å². The fraction of sp³-hybridized carbons (Fsp3) is 0.867. The predicted molar refractivity (Wildman–Crippen MR) is 71.5 cm³/mol. The summed E-state index contributed by atoms with van der Waals surface area (Å²) in [6.45, 7) is 3.74. The van der Waals surface area contributed by atoms with Gasteiger partial charge < -0.3 is 9.73 Å². The molecule has 0 amide bonds. The van der Waals surface area contributed by atoms with Gasteiger partial charge in [0.05, 0.1) is 6.54 Å². The third-order valence-corrected chi connectivity index (χ3v) is 5.48. The molecule has 0 radical (unpaired) electrons. The first-order valence-electron chi connectivity index (χ1n) is 7.81. The molecule has 4 heteroatoms. The van der Waals surface area contributed by atoms with E-state index >= 15 is 0 Å². The van der Waals surface area contributed by atoms with Crippen molar-refractivity contribution in [1.82, 2.24) is 15.5 Å². The van der Waals surface area contributed by atoms with Crippen LogP contribution in [0.2, 0.25) is 0 Å². The van der Waals surface area contributed by atoms with Gasteiger partial charge in [-0.15, -0.1) is 10.2 Å². The molecule has 4 saturated carbocycles. The van der Waals surface area contributed by atoms with E-state index in [2.05, 4.69) is 22.4 Å². The van der Waals surface area contributed by atoms with E-state index in [1.807, 2.05) is 0 Å². The Morgan fingerprint density at radius 2 is 1.74 bits per heavy atom. The summed E-state index contributed by atoms with van der Waals surface area (Å²) < 4.78 is 5.99. The van der Waals surface area contributed by atoms with E-state index in [4.69, 9.17) is 4.42 Å². The zero-order chi connectivity index (χ0) is 12.9. The van der Waals surface area contributed by atoms with Gasteiger partial charge in [-0.05, 0) is 62.8 Å². The Morgan fingerprint density at radius 3 is 2.32 bits per heavy atom. The van der Waals surface area contributed by atoms with Crippen molar-refractivity contribution < 1.29 is 4.42 Å². The summed E-state index contributed by atoms with van der Waals surface area (Å²) in [6, 6.07) is 0. The first-order valence-corrected chi connectivity index (χ1v) is 7.81. The fourth-order valence-electron chi connectivity index (χ4n) is 5.14. The summed E-state index contributed by atoms with van der Waals surface area (Å²) >= 11 is 0. The molecule has 104 valence electrons. The highest BCUT2D eigenvalue weighted by molar-refractivity contribution is 5.14. The second-order valence-electron chi connectivity index (χ2n) is 6.98. The van der Waals surface area contributed by atoms with Crippen LogP contribution in [0.1, 0.15) is 57.2 Å². The second kappa shape index (κ2) is 4.30. The first-order chi connectivity index (χ1) is 9.27. The number of nitrogens with one attached hydrogen (secondary N) is 1. The summed E-state index contributed by atoms with van der Waals surface area (Å²) in [4.78, 5) is 0. The third kappa shape index (κ3) is 1.92. The van der Waals surface area contributed by atoms with E-state index in [1.54, 1.807) is 0 Å². The molecule has 0 spiro atoms. The highest BCUT2D eigenvalue weighted by Gasteiger charge is 2.54. The molecular weight excluding hydrogens is 238 g/mol. The first kappa shape index (κ1) is 11.9. The van der Waals surface area contributed by atoms with Crippen molar-refractivity contribution >= 4 is 0 Å². The van der Waals surface area contributed by atoms with Gasteiger partial charge in [0.2, 0.25) is 11.8 Å². The lowest BCUT2D eigenvalue weighted by Crippen LogP contribution is -2.48. The highest BCUT2D eigenvalue weighted by Crippen LogP contribution is 2.60. The van der Waals surface area contributed by atoms with Crippen molar-refractivity contribution in [1.29, 1.82) is 0 Å². The Hall–Kier alpha value is -0.900. The molecule has 1 heterocycles. The molecular formula is C15H23N3O. The van der Waals surface area contributed by atoms with Crippen molar-refractivity contribution in [3.05, 3.63) is 11.8 Å². The molecule has 19 heavy (non-hydrogen) atoms. The van der Waals surface area contributed by atoms with Gasteiger partial charge >= 0.3 is 0 Å². The Bertz CT molecular complexity index is 432. The van der Waals surface area contributed by atoms with E-state index in [0.29, 0.717) is 6.54 Å². The van der Waals surface area contributed by atoms with Gasteiger partial charge in [-0.2, -0.15) is 0 Å². The van der Waals surface area contributed by atoms with E-state index in [9.17, 15) is 0 Å². The standard InChI is InChI=1S/C15H23N3O/c1-2-16-9-13-17-18-14(19-13)15-6-10-3-11(7-15)5-12(4-10)8-15/h10-12,16H,2-9H2,1H3. The molecule has 4 bridgehead atoms. The zero-order valence-electron chi connectivity index (χ0n) is 11.7. The normalized spacial score (nSPS) is 39.9. The monoisotopic (exact) mass is 261 g/mol. The largest absolute Gasteiger partial charge is 0.423 e. The van der Waals surface area contributed by atoms with Crippen LogP contribution in [-0.4, -0.2) is 16.7 Å². The number of hydrogen-bond acceptors (Lipinski definition) is 4. The van der Waals surface area contributed by atoms with Crippen LogP contribution in [0.3, 0.4) is 0 Å². The SMILES string of the molecule is CCNCc1nnc(C23CC4CC(CC(C4)C2)C3)o1. The Balaban J connectivity index is 1.59. The molecule has 1 N–H and O–H groups in total. The second-order valence-corrected chi connectivity index (χ2v) is 6.98. The Morgan fingerprint density at radius 1 is 1.11 bits per heavy atom. The summed E-state index contributed by atoms with van der Waals surface area (Å²) in [5.74, 6) is 4.48. The summed E-state index contributed by atoms with van der Waals surface area (Å²) in [5.41, 5.74) is 0.242. The van der Waals surface area contributed by atoms with Gasteiger partial charge in [0.25, 0.3) is 0 Å².